The Balaban J connectivity index is 1.53. The number of ether oxygens (including phenoxy) is 1. The van der Waals surface area contributed by atoms with Gasteiger partial charge in [0, 0.05) is 6.20 Å². The van der Waals surface area contributed by atoms with Crippen molar-refractivity contribution in [2.24, 2.45) is 0 Å². The minimum atomic E-state index is -1.09. The summed E-state index contributed by atoms with van der Waals surface area (Å²) >= 11 is 0. The fourth-order valence-electron chi connectivity index (χ4n) is 2.50. The molecule has 0 saturated heterocycles. The van der Waals surface area contributed by atoms with Gasteiger partial charge in [0.25, 0.3) is 0 Å². The summed E-state index contributed by atoms with van der Waals surface area (Å²) in [5.41, 5.74) is 2.74. The highest BCUT2D eigenvalue weighted by Crippen LogP contribution is 2.19. The van der Waals surface area contributed by atoms with Crippen molar-refractivity contribution in [1.29, 1.82) is 0 Å². The smallest absolute Gasteiger partial charge is 0.338 e. The van der Waals surface area contributed by atoms with Crippen LogP contribution >= 0.6 is 0 Å². The molecule has 0 spiro atoms. The van der Waals surface area contributed by atoms with Crippen LogP contribution in [-0.4, -0.2) is 36.5 Å². The van der Waals surface area contributed by atoms with Gasteiger partial charge in [0.05, 0.1) is 29.8 Å². The number of rotatable bonds is 7. The Hall–Kier alpha value is -3.62. The van der Waals surface area contributed by atoms with Crippen LogP contribution in [0.4, 0.5) is 5.69 Å². The van der Waals surface area contributed by atoms with E-state index in [0.717, 1.165) is 16.9 Å². The zero-order valence-corrected chi connectivity index (χ0v) is 14.9. The molecule has 1 aromatic carbocycles. The molecule has 1 amide bonds. The predicted molar refractivity (Wildman–Crippen MR) is 96.6 cm³/mol. The summed E-state index contributed by atoms with van der Waals surface area (Å²) in [6.07, 6.45) is 5.64. The maximum absolute atomic E-state index is 12.0. The quantitative estimate of drug-likeness (QED) is 0.659. The molecule has 0 saturated carbocycles. The van der Waals surface area contributed by atoms with Gasteiger partial charge in [0.2, 0.25) is 5.91 Å². The fraction of sp³-hybridized carbons (Fsp3) is 0.222. The van der Waals surface area contributed by atoms with Gasteiger partial charge < -0.3 is 15.2 Å². The average Bonchev–Trinajstić information content (AvgIpc) is 3.23. The summed E-state index contributed by atoms with van der Waals surface area (Å²) in [4.78, 5) is 22.9. The van der Waals surface area contributed by atoms with Gasteiger partial charge in [0.1, 0.15) is 12.3 Å². The maximum Gasteiger partial charge on any atom is 0.338 e. The lowest BCUT2D eigenvalue weighted by molar-refractivity contribution is -0.116. The number of carbonyl (C=O) groups is 2. The molecule has 0 aliphatic heterocycles. The lowest BCUT2D eigenvalue weighted by atomic mass is 10.1. The van der Waals surface area contributed by atoms with Crippen molar-refractivity contribution in [3.8, 4) is 5.75 Å². The van der Waals surface area contributed by atoms with Crippen molar-refractivity contribution in [2.75, 3.05) is 5.32 Å². The molecule has 9 nitrogen and oxygen atoms in total. The standard InChI is InChI=1S/C18H19N5O4/c1-12-3-4-16(13(2)5-12)27-11-23-9-15(7-20-23)21-17(24)10-22-8-14(6-19-22)18(25)26/h3-9H,10-11H2,1-2H3,(H,21,24)(H,25,26). The third kappa shape index (κ3) is 4.72. The number of amides is 1. The molecule has 2 N–H and O–H groups in total. The minimum Gasteiger partial charge on any atom is -0.478 e. The molecule has 0 fully saturated rings. The number of hydrogen-bond acceptors (Lipinski definition) is 5. The Morgan fingerprint density at radius 2 is 1.93 bits per heavy atom. The highest BCUT2D eigenvalue weighted by Gasteiger charge is 2.10. The third-order valence-corrected chi connectivity index (χ3v) is 3.79. The van der Waals surface area contributed by atoms with Crippen LogP contribution in [0.5, 0.6) is 5.75 Å². The van der Waals surface area contributed by atoms with Gasteiger partial charge in [-0.1, -0.05) is 17.7 Å². The Bertz CT molecular complexity index is 976. The topological polar surface area (TPSA) is 111 Å². The van der Waals surface area contributed by atoms with Crippen molar-refractivity contribution in [1.82, 2.24) is 19.6 Å². The first kappa shape index (κ1) is 18.2. The summed E-state index contributed by atoms with van der Waals surface area (Å²) in [7, 11) is 0. The van der Waals surface area contributed by atoms with Gasteiger partial charge in [-0.25, -0.2) is 9.48 Å². The molecule has 9 heteroatoms. The number of hydrogen-bond donors (Lipinski definition) is 2. The third-order valence-electron chi connectivity index (χ3n) is 3.79. The molecule has 0 bridgehead atoms. The summed E-state index contributed by atoms with van der Waals surface area (Å²) in [5, 5.41) is 19.5. The van der Waals surface area contributed by atoms with E-state index in [1.165, 1.54) is 23.3 Å². The van der Waals surface area contributed by atoms with Gasteiger partial charge in [0.15, 0.2) is 6.73 Å². The molecule has 3 rings (SSSR count). The van der Waals surface area contributed by atoms with E-state index in [1.54, 1.807) is 10.9 Å². The lowest BCUT2D eigenvalue weighted by Crippen LogP contribution is -2.18. The lowest BCUT2D eigenvalue weighted by Gasteiger charge is -2.09. The van der Waals surface area contributed by atoms with Crippen molar-refractivity contribution in [3.63, 3.8) is 0 Å². The molecule has 0 aliphatic carbocycles. The van der Waals surface area contributed by atoms with Gasteiger partial charge in [-0.05, 0) is 25.5 Å². The SMILES string of the molecule is Cc1ccc(OCn2cc(NC(=O)Cn3cc(C(=O)O)cn3)cn2)c(C)c1. The highest BCUT2D eigenvalue weighted by molar-refractivity contribution is 5.90. The Labute approximate surface area is 155 Å². The first-order valence-electron chi connectivity index (χ1n) is 8.19. The van der Waals surface area contributed by atoms with E-state index < -0.39 is 5.97 Å². The summed E-state index contributed by atoms with van der Waals surface area (Å²) < 4.78 is 8.55. The molecule has 27 heavy (non-hydrogen) atoms. The van der Waals surface area contributed by atoms with E-state index in [0.29, 0.717) is 5.69 Å². The van der Waals surface area contributed by atoms with E-state index in [2.05, 4.69) is 15.5 Å². The number of carbonyl (C=O) groups excluding carboxylic acids is 1. The largest absolute Gasteiger partial charge is 0.478 e. The second-order valence-corrected chi connectivity index (χ2v) is 6.09. The normalized spacial score (nSPS) is 10.6. The van der Waals surface area contributed by atoms with Crippen LogP contribution in [0.15, 0.2) is 43.0 Å². The van der Waals surface area contributed by atoms with Gasteiger partial charge in [-0.2, -0.15) is 10.2 Å². The zero-order chi connectivity index (χ0) is 19.4. The number of carboxylic acids is 1. The number of anilines is 1. The second-order valence-electron chi connectivity index (χ2n) is 6.09. The number of nitrogens with one attached hydrogen (secondary N) is 1. The van der Waals surface area contributed by atoms with Crippen LogP contribution < -0.4 is 10.1 Å². The summed E-state index contributed by atoms with van der Waals surface area (Å²) in [6, 6.07) is 5.92. The zero-order valence-electron chi connectivity index (χ0n) is 14.9. The van der Waals surface area contributed by atoms with E-state index in [1.807, 2.05) is 32.0 Å². The maximum atomic E-state index is 12.0. The number of aromatic nitrogens is 4. The monoisotopic (exact) mass is 369 g/mol. The molecule has 0 unspecified atom stereocenters. The second kappa shape index (κ2) is 7.73. The number of carboxylic acid groups (broad SMARTS) is 1. The summed E-state index contributed by atoms with van der Waals surface area (Å²) in [6.45, 7) is 4.10. The van der Waals surface area contributed by atoms with Crippen LogP contribution in [0.25, 0.3) is 0 Å². The summed E-state index contributed by atoms with van der Waals surface area (Å²) in [5.74, 6) is -0.661. The molecular weight excluding hydrogens is 350 g/mol. The molecule has 2 heterocycles. The predicted octanol–water partition coefficient (Wildman–Crippen LogP) is 2.07. The Morgan fingerprint density at radius 1 is 1.15 bits per heavy atom. The van der Waals surface area contributed by atoms with Gasteiger partial charge in [-0.15, -0.1) is 0 Å². The Kier molecular flexibility index (Phi) is 5.20. The number of aryl methyl sites for hydroxylation is 2. The van der Waals surface area contributed by atoms with Crippen molar-refractivity contribution >= 4 is 17.6 Å². The van der Waals surface area contributed by atoms with Crippen molar-refractivity contribution in [2.45, 2.75) is 27.1 Å². The van der Waals surface area contributed by atoms with Crippen LogP contribution in [0.3, 0.4) is 0 Å². The molecule has 0 atom stereocenters. The van der Waals surface area contributed by atoms with Crippen LogP contribution in [0, 0.1) is 13.8 Å². The molecule has 0 aliphatic rings. The molecule has 0 radical (unpaired) electrons. The fourth-order valence-corrected chi connectivity index (χ4v) is 2.50. The van der Waals surface area contributed by atoms with Gasteiger partial charge in [-0.3, -0.25) is 9.48 Å². The van der Waals surface area contributed by atoms with E-state index in [4.69, 9.17) is 9.84 Å². The Morgan fingerprint density at radius 3 is 2.63 bits per heavy atom. The van der Waals surface area contributed by atoms with E-state index >= 15 is 0 Å². The highest BCUT2D eigenvalue weighted by atomic mass is 16.5. The number of aromatic carboxylic acids is 1. The number of nitrogens with zero attached hydrogens (tertiary/aromatic N) is 4. The first-order chi connectivity index (χ1) is 12.9. The molecule has 3 aromatic rings. The molecule has 2 aromatic heterocycles. The van der Waals surface area contributed by atoms with Gasteiger partial charge >= 0.3 is 5.97 Å². The first-order valence-corrected chi connectivity index (χ1v) is 8.19. The average molecular weight is 369 g/mol. The molecule has 140 valence electrons. The molecular formula is C18H19N5O4. The van der Waals surface area contributed by atoms with Crippen LogP contribution in [0.1, 0.15) is 21.5 Å². The number of benzene rings is 1. The van der Waals surface area contributed by atoms with Crippen molar-refractivity contribution in [3.05, 3.63) is 59.7 Å². The van der Waals surface area contributed by atoms with E-state index in [-0.39, 0.29) is 24.7 Å². The van der Waals surface area contributed by atoms with E-state index in [9.17, 15) is 9.59 Å². The minimum absolute atomic E-state index is 0.0270. The van der Waals surface area contributed by atoms with Crippen LogP contribution in [-0.2, 0) is 18.1 Å². The van der Waals surface area contributed by atoms with Crippen molar-refractivity contribution < 1.29 is 19.4 Å². The van der Waals surface area contributed by atoms with Crippen LogP contribution in [0.2, 0.25) is 0 Å².